The molecule has 0 saturated carbocycles. The third-order valence-electron chi connectivity index (χ3n) is 4.55. The molecule has 0 aliphatic carbocycles. The Morgan fingerprint density at radius 1 is 1.23 bits per heavy atom. The van der Waals surface area contributed by atoms with Crippen molar-refractivity contribution < 1.29 is 4.39 Å². The first kappa shape index (κ1) is 15.5. The van der Waals surface area contributed by atoms with Crippen molar-refractivity contribution in [1.29, 1.82) is 0 Å². The van der Waals surface area contributed by atoms with Gasteiger partial charge < -0.3 is 5.73 Å². The smallest absolute Gasteiger partial charge is 0.123 e. The lowest BCUT2D eigenvalue weighted by Crippen LogP contribution is -2.29. The predicted molar refractivity (Wildman–Crippen MR) is 88.5 cm³/mol. The Morgan fingerprint density at radius 2 is 1.95 bits per heavy atom. The lowest BCUT2D eigenvalue weighted by molar-refractivity contribution is 0.222. The van der Waals surface area contributed by atoms with Crippen molar-refractivity contribution in [2.45, 2.75) is 25.9 Å². The van der Waals surface area contributed by atoms with E-state index in [9.17, 15) is 4.39 Å². The van der Waals surface area contributed by atoms with E-state index >= 15 is 0 Å². The molecule has 0 saturated heterocycles. The van der Waals surface area contributed by atoms with Crippen molar-refractivity contribution in [1.82, 2.24) is 4.90 Å². The van der Waals surface area contributed by atoms with E-state index in [1.165, 1.54) is 23.3 Å². The van der Waals surface area contributed by atoms with Crippen LogP contribution in [0, 0.1) is 12.7 Å². The number of fused-ring (bicyclic) bond motifs is 1. The molecule has 2 N–H and O–H groups in total. The van der Waals surface area contributed by atoms with Crippen LogP contribution >= 0.6 is 11.6 Å². The molecular weight excluding hydrogens is 299 g/mol. The van der Waals surface area contributed by atoms with Crippen LogP contribution in [0.5, 0.6) is 0 Å². The minimum Gasteiger partial charge on any atom is -0.329 e. The van der Waals surface area contributed by atoms with Gasteiger partial charge >= 0.3 is 0 Å². The van der Waals surface area contributed by atoms with Crippen molar-refractivity contribution in [3.63, 3.8) is 0 Å². The van der Waals surface area contributed by atoms with Crippen LogP contribution in [-0.4, -0.2) is 18.0 Å². The highest BCUT2D eigenvalue weighted by atomic mass is 35.5. The van der Waals surface area contributed by atoms with Gasteiger partial charge in [0.05, 0.1) is 0 Å². The molecule has 4 heteroatoms. The molecule has 3 rings (SSSR count). The largest absolute Gasteiger partial charge is 0.329 e. The Bertz CT molecular complexity index is 670. The lowest BCUT2D eigenvalue weighted by Gasteiger charge is -2.23. The van der Waals surface area contributed by atoms with Gasteiger partial charge in [0.1, 0.15) is 5.82 Å². The zero-order valence-corrected chi connectivity index (χ0v) is 13.4. The van der Waals surface area contributed by atoms with Gasteiger partial charge in [-0.2, -0.15) is 0 Å². The highest BCUT2D eigenvalue weighted by Crippen LogP contribution is 2.37. The van der Waals surface area contributed by atoms with Gasteiger partial charge in [0, 0.05) is 30.7 Å². The summed E-state index contributed by atoms with van der Waals surface area (Å²) in [6.07, 6.45) is 0.886. The second-order valence-electron chi connectivity index (χ2n) is 5.84. The summed E-state index contributed by atoms with van der Waals surface area (Å²) in [6, 6.07) is 11.0. The van der Waals surface area contributed by atoms with Crippen molar-refractivity contribution in [3.05, 3.63) is 69.5 Å². The summed E-state index contributed by atoms with van der Waals surface area (Å²) < 4.78 is 13.0. The van der Waals surface area contributed by atoms with Crippen molar-refractivity contribution in [3.8, 4) is 0 Å². The Kier molecular flexibility index (Phi) is 4.48. The van der Waals surface area contributed by atoms with Gasteiger partial charge in [-0.1, -0.05) is 29.8 Å². The molecule has 0 radical (unpaired) electrons. The zero-order valence-electron chi connectivity index (χ0n) is 12.7. The number of nitrogens with zero attached hydrogens (tertiary/aromatic N) is 1. The Balaban J connectivity index is 1.75. The molecule has 22 heavy (non-hydrogen) atoms. The van der Waals surface area contributed by atoms with E-state index in [4.69, 9.17) is 17.3 Å². The van der Waals surface area contributed by atoms with Crippen LogP contribution in [0.4, 0.5) is 4.39 Å². The number of nitrogens with two attached hydrogens (primary N) is 1. The number of hydrogen-bond donors (Lipinski definition) is 1. The third-order valence-corrected chi connectivity index (χ3v) is 4.96. The Labute approximate surface area is 135 Å². The molecule has 1 heterocycles. The van der Waals surface area contributed by atoms with Crippen LogP contribution < -0.4 is 5.73 Å². The maximum atomic E-state index is 13.0. The minimum absolute atomic E-state index is 0.192. The summed E-state index contributed by atoms with van der Waals surface area (Å²) in [5.41, 5.74) is 10.9. The van der Waals surface area contributed by atoms with Crippen molar-refractivity contribution >= 4 is 11.6 Å². The molecule has 2 nitrogen and oxygen atoms in total. The maximum absolute atomic E-state index is 13.0. The van der Waals surface area contributed by atoms with Crippen LogP contribution in [0.25, 0.3) is 0 Å². The van der Waals surface area contributed by atoms with Crippen LogP contribution in [0.15, 0.2) is 36.4 Å². The maximum Gasteiger partial charge on any atom is 0.123 e. The molecular formula is C18H20ClFN2. The van der Waals surface area contributed by atoms with Crippen LogP contribution in [0.3, 0.4) is 0 Å². The van der Waals surface area contributed by atoms with E-state index in [0.717, 1.165) is 35.7 Å². The topological polar surface area (TPSA) is 29.3 Å². The second-order valence-corrected chi connectivity index (χ2v) is 6.25. The molecule has 1 atom stereocenters. The fourth-order valence-electron chi connectivity index (χ4n) is 3.22. The average molecular weight is 319 g/mol. The summed E-state index contributed by atoms with van der Waals surface area (Å²) in [7, 11) is 0. The van der Waals surface area contributed by atoms with E-state index in [-0.39, 0.29) is 11.9 Å². The van der Waals surface area contributed by atoms with Gasteiger partial charge in [-0.15, -0.1) is 0 Å². The standard InChI is InChI=1S/C18H20ClFN2/c1-12-16-11-22(9-8-13-2-4-14(20)5-3-13)18(10-21)15(16)6-7-17(12)19/h2-7,18H,8-11,21H2,1H3. The van der Waals surface area contributed by atoms with Gasteiger partial charge in [-0.25, -0.2) is 4.39 Å². The van der Waals surface area contributed by atoms with Gasteiger partial charge in [-0.3, -0.25) is 4.90 Å². The number of hydrogen-bond acceptors (Lipinski definition) is 2. The van der Waals surface area contributed by atoms with E-state index in [2.05, 4.69) is 17.9 Å². The fourth-order valence-corrected chi connectivity index (χ4v) is 3.39. The monoisotopic (exact) mass is 318 g/mol. The quantitative estimate of drug-likeness (QED) is 0.928. The molecule has 0 amide bonds. The summed E-state index contributed by atoms with van der Waals surface area (Å²) >= 11 is 6.23. The van der Waals surface area contributed by atoms with E-state index < -0.39 is 0 Å². The van der Waals surface area contributed by atoms with E-state index in [1.54, 1.807) is 0 Å². The first-order valence-corrected chi connectivity index (χ1v) is 7.94. The van der Waals surface area contributed by atoms with Crippen LogP contribution in [0.2, 0.25) is 5.02 Å². The molecule has 1 aliphatic rings. The highest BCUT2D eigenvalue weighted by molar-refractivity contribution is 6.31. The number of benzene rings is 2. The molecule has 1 unspecified atom stereocenters. The first-order chi connectivity index (χ1) is 10.6. The summed E-state index contributed by atoms with van der Waals surface area (Å²) in [5, 5.41) is 0.815. The molecule has 116 valence electrons. The molecule has 2 aromatic rings. The van der Waals surface area contributed by atoms with E-state index in [1.807, 2.05) is 18.2 Å². The second kappa shape index (κ2) is 6.37. The van der Waals surface area contributed by atoms with Gasteiger partial charge in [-0.05, 0) is 53.8 Å². The van der Waals surface area contributed by atoms with Crippen molar-refractivity contribution in [2.75, 3.05) is 13.1 Å². The van der Waals surface area contributed by atoms with Crippen LogP contribution in [0.1, 0.15) is 28.3 Å². The van der Waals surface area contributed by atoms with Gasteiger partial charge in [0.15, 0.2) is 0 Å². The average Bonchev–Trinajstić information content (AvgIpc) is 2.89. The molecule has 0 spiro atoms. The zero-order chi connectivity index (χ0) is 15.7. The fraction of sp³-hybridized carbons (Fsp3) is 0.333. The highest BCUT2D eigenvalue weighted by Gasteiger charge is 2.30. The molecule has 0 bridgehead atoms. The Morgan fingerprint density at radius 3 is 2.64 bits per heavy atom. The van der Waals surface area contributed by atoms with Crippen LogP contribution in [-0.2, 0) is 13.0 Å². The molecule has 0 aromatic heterocycles. The first-order valence-electron chi connectivity index (χ1n) is 7.56. The molecule has 0 fully saturated rings. The third kappa shape index (κ3) is 2.89. The Hall–Kier alpha value is -1.42. The summed E-state index contributed by atoms with van der Waals surface area (Å²) in [5.74, 6) is -0.192. The SMILES string of the molecule is Cc1c(Cl)ccc2c1CN(CCc1ccc(F)cc1)C2CN. The number of rotatable bonds is 4. The summed E-state index contributed by atoms with van der Waals surface area (Å²) in [4.78, 5) is 2.39. The molecule has 1 aliphatic heterocycles. The molecule has 2 aromatic carbocycles. The predicted octanol–water partition coefficient (Wildman–Crippen LogP) is 3.85. The minimum atomic E-state index is -0.192. The van der Waals surface area contributed by atoms with Crippen molar-refractivity contribution in [2.24, 2.45) is 5.73 Å². The number of halogens is 2. The van der Waals surface area contributed by atoms with E-state index in [0.29, 0.717) is 6.54 Å². The van der Waals surface area contributed by atoms with Gasteiger partial charge in [0.25, 0.3) is 0 Å². The summed E-state index contributed by atoms with van der Waals surface area (Å²) in [6.45, 7) is 4.44. The normalized spacial score (nSPS) is 17.7. The van der Waals surface area contributed by atoms with Gasteiger partial charge in [0.2, 0.25) is 0 Å². The lowest BCUT2D eigenvalue weighted by atomic mass is 10.0.